The zero-order chi connectivity index (χ0) is 20.8. The molecule has 1 N–H and O–H groups in total. The minimum Gasteiger partial charge on any atom is -0.357 e. The van der Waals surface area contributed by atoms with E-state index in [4.69, 9.17) is 4.99 Å². The normalized spacial score (nSPS) is 11.9. The first-order valence-corrected chi connectivity index (χ1v) is 11.8. The van der Waals surface area contributed by atoms with Crippen molar-refractivity contribution in [3.8, 4) is 0 Å². The Bertz CT molecular complexity index is 581. The SMILES string of the molecule is C=CCCCCCN(C)C(=NCCCc1nnc(SC)n1CC(C)C)NCC. The number of aryl methyl sites for hydroxylation is 1. The van der Waals surface area contributed by atoms with E-state index in [0.717, 1.165) is 62.4 Å². The largest absolute Gasteiger partial charge is 0.357 e. The summed E-state index contributed by atoms with van der Waals surface area (Å²) >= 11 is 1.66. The Hall–Kier alpha value is -1.50. The van der Waals surface area contributed by atoms with Crippen LogP contribution in [0.25, 0.3) is 0 Å². The third-order valence-electron chi connectivity index (χ3n) is 4.44. The zero-order valence-electron chi connectivity index (χ0n) is 18.6. The molecule has 0 unspecified atom stereocenters. The molecular weight excluding hydrogens is 368 g/mol. The molecule has 0 amide bonds. The number of nitrogens with zero attached hydrogens (tertiary/aromatic N) is 5. The number of unbranched alkanes of at least 4 members (excludes halogenated alkanes) is 3. The van der Waals surface area contributed by atoms with Crippen molar-refractivity contribution in [2.45, 2.75) is 71.0 Å². The number of aromatic nitrogens is 3. The van der Waals surface area contributed by atoms with Gasteiger partial charge >= 0.3 is 0 Å². The van der Waals surface area contributed by atoms with Crippen LogP contribution in [0.5, 0.6) is 0 Å². The van der Waals surface area contributed by atoms with Crippen LogP contribution in [-0.2, 0) is 13.0 Å². The molecule has 160 valence electrons. The van der Waals surface area contributed by atoms with E-state index in [1.54, 1.807) is 11.8 Å². The van der Waals surface area contributed by atoms with Gasteiger partial charge in [0.15, 0.2) is 11.1 Å². The summed E-state index contributed by atoms with van der Waals surface area (Å²) in [6, 6.07) is 0. The van der Waals surface area contributed by atoms with Crippen LogP contribution in [0.15, 0.2) is 22.8 Å². The summed E-state index contributed by atoms with van der Waals surface area (Å²) in [7, 11) is 2.12. The molecule has 0 aliphatic rings. The lowest BCUT2D eigenvalue weighted by molar-refractivity contribution is 0.454. The number of guanidine groups is 1. The van der Waals surface area contributed by atoms with E-state index >= 15 is 0 Å². The molecule has 7 heteroatoms. The summed E-state index contributed by atoms with van der Waals surface area (Å²) in [5.41, 5.74) is 0. The number of nitrogens with one attached hydrogen (secondary N) is 1. The Morgan fingerprint density at radius 3 is 2.71 bits per heavy atom. The van der Waals surface area contributed by atoms with Crippen molar-refractivity contribution < 1.29 is 0 Å². The van der Waals surface area contributed by atoms with E-state index in [1.807, 2.05) is 6.08 Å². The van der Waals surface area contributed by atoms with Crippen LogP contribution in [-0.4, -0.2) is 58.6 Å². The Balaban J connectivity index is 2.53. The lowest BCUT2D eigenvalue weighted by Gasteiger charge is -2.22. The average Bonchev–Trinajstić information content (AvgIpc) is 3.04. The molecule has 0 spiro atoms. The molecule has 0 saturated carbocycles. The van der Waals surface area contributed by atoms with Crippen molar-refractivity contribution in [1.82, 2.24) is 25.0 Å². The fourth-order valence-corrected chi connectivity index (χ4v) is 3.54. The summed E-state index contributed by atoms with van der Waals surface area (Å²) in [5, 5.41) is 13.1. The second-order valence-corrected chi connectivity index (χ2v) is 8.28. The van der Waals surface area contributed by atoms with Gasteiger partial charge in [0.25, 0.3) is 0 Å². The minimum atomic E-state index is 0.583. The van der Waals surface area contributed by atoms with Crippen LogP contribution in [0.1, 0.15) is 58.7 Å². The molecule has 0 atom stereocenters. The van der Waals surface area contributed by atoms with Crippen LogP contribution in [0.4, 0.5) is 0 Å². The Morgan fingerprint density at radius 1 is 1.29 bits per heavy atom. The molecule has 1 aromatic heterocycles. The maximum absolute atomic E-state index is 4.81. The van der Waals surface area contributed by atoms with Gasteiger partial charge in [-0.15, -0.1) is 16.8 Å². The molecule has 0 aliphatic carbocycles. The summed E-state index contributed by atoms with van der Waals surface area (Å²) in [4.78, 5) is 7.05. The van der Waals surface area contributed by atoms with Crippen molar-refractivity contribution in [2.24, 2.45) is 10.9 Å². The highest BCUT2D eigenvalue weighted by Crippen LogP contribution is 2.16. The standard InChI is InChI=1S/C21H40N6S/c1-7-9-10-11-12-16-26(5)20(22-8-2)23-15-13-14-19-24-25-21(28-6)27(19)17-18(3)4/h7,18H,1,8-17H2,2-6H3,(H,22,23). The fourth-order valence-electron chi connectivity index (χ4n) is 3.02. The smallest absolute Gasteiger partial charge is 0.193 e. The van der Waals surface area contributed by atoms with Gasteiger partial charge in [0.05, 0.1) is 0 Å². The molecule has 28 heavy (non-hydrogen) atoms. The van der Waals surface area contributed by atoms with Crippen LogP contribution in [0.3, 0.4) is 0 Å². The second kappa shape index (κ2) is 14.5. The van der Waals surface area contributed by atoms with Gasteiger partial charge in [0.2, 0.25) is 0 Å². The van der Waals surface area contributed by atoms with Gasteiger partial charge < -0.3 is 14.8 Å². The van der Waals surface area contributed by atoms with Gasteiger partial charge in [-0.3, -0.25) is 4.99 Å². The van der Waals surface area contributed by atoms with Crippen molar-refractivity contribution in [2.75, 3.05) is 32.9 Å². The predicted molar refractivity (Wildman–Crippen MR) is 122 cm³/mol. The molecule has 1 heterocycles. The van der Waals surface area contributed by atoms with Crippen molar-refractivity contribution in [1.29, 1.82) is 0 Å². The number of rotatable bonds is 14. The summed E-state index contributed by atoms with van der Waals surface area (Å²) in [5.74, 6) is 2.66. The molecule has 0 aliphatic heterocycles. The third-order valence-corrected chi connectivity index (χ3v) is 5.11. The summed E-state index contributed by atoms with van der Waals surface area (Å²) < 4.78 is 2.26. The lowest BCUT2D eigenvalue weighted by atomic mass is 10.2. The van der Waals surface area contributed by atoms with E-state index in [2.05, 4.69) is 65.6 Å². The first-order chi connectivity index (χ1) is 13.5. The third kappa shape index (κ3) is 9.13. The number of hydrogen-bond donors (Lipinski definition) is 1. The molecule has 1 rings (SSSR count). The number of allylic oxidation sites excluding steroid dienone is 1. The quantitative estimate of drug-likeness (QED) is 0.164. The minimum absolute atomic E-state index is 0.583. The topological polar surface area (TPSA) is 58.3 Å². The van der Waals surface area contributed by atoms with Crippen molar-refractivity contribution >= 4 is 17.7 Å². The average molecular weight is 409 g/mol. The van der Waals surface area contributed by atoms with E-state index in [1.165, 1.54) is 19.3 Å². The highest BCUT2D eigenvalue weighted by Gasteiger charge is 2.12. The molecule has 6 nitrogen and oxygen atoms in total. The van der Waals surface area contributed by atoms with Gasteiger partial charge in [0, 0.05) is 39.6 Å². The molecule has 0 fully saturated rings. The number of aliphatic imine (C=N–C) groups is 1. The number of hydrogen-bond acceptors (Lipinski definition) is 4. The van der Waals surface area contributed by atoms with Crippen LogP contribution in [0, 0.1) is 5.92 Å². The van der Waals surface area contributed by atoms with E-state index in [9.17, 15) is 0 Å². The van der Waals surface area contributed by atoms with Crippen molar-refractivity contribution in [3.63, 3.8) is 0 Å². The second-order valence-electron chi connectivity index (χ2n) is 7.51. The Kier molecular flexibility index (Phi) is 12.7. The van der Waals surface area contributed by atoms with Gasteiger partial charge in [-0.05, 0) is 44.8 Å². The monoisotopic (exact) mass is 408 g/mol. The van der Waals surface area contributed by atoms with Gasteiger partial charge in [0.1, 0.15) is 5.82 Å². The van der Waals surface area contributed by atoms with Gasteiger partial charge in [-0.2, -0.15) is 0 Å². The molecule has 0 saturated heterocycles. The van der Waals surface area contributed by atoms with Crippen LogP contribution >= 0.6 is 11.8 Å². The first-order valence-electron chi connectivity index (χ1n) is 10.6. The Morgan fingerprint density at radius 2 is 2.07 bits per heavy atom. The highest BCUT2D eigenvalue weighted by atomic mass is 32.2. The van der Waals surface area contributed by atoms with E-state index in [-0.39, 0.29) is 0 Å². The molecule has 0 radical (unpaired) electrons. The summed E-state index contributed by atoms with van der Waals surface area (Å²) in [6.45, 7) is 14.0. The van der Waals surface area contributed by atoms with Crippen molar-refractivity contribution in [3.05, 3.63) is 18.5 Å². The lowest BCUT2D eigenvalue weighted by Crippen LogP contribution is -2.39. The molecular formula is C21H40N6S. The Labute approximate surface area is 176 Å². The van der Waals surface area contributed by atoms with Gasteiger partial charge in [-0.25, -0.2) is 0 Å². The van der Waals surface area contributed by atoms with Gasteiger partial charge in [-0.1, -0.05) is 38.1 Å². The van der Waals surface area contributed by atoms with E-state index < -0.39 is 0 Å². The zero-order valence-corrected chi connectivity index (χ0v) is 19.4. The predicted octanol–water partition coefficient (Wildman–Crippen LogP) is 4.23. The molecule has 0 aromatic carbocycles. The van der Waals surface area contributed by atoms with E-state index in [0.29, 0.717) is 5.92 Å². The molecule has 0 bridgehead atoms. The fraction of sp³-hybridized carbons (Fsp3) is 0.762. The molecule has 1 aromatic rings. The maximum Gasteiger partial charge on any atom is 0.193 e. The number of thioether (sulfide) groups is 1. The van der Waals surface area contributed by atoms with Crippen LogP contribution < -0.4 is 5.32 Å². The summed E-state index contributed by atoms with van der Waals surface area (Å²) in [6.07, 6.45) is 10.7. The first kappa shape index (κ1) is 24.5. The van der Waals surface area contributed by atoms with Crippen LogP contribution in [0.2, 0.25) is 0 Å². The maximum atomic E-state index is 4.81. The highest BCUT2D eigenvalue weighted by molar-refractivity contribution is 7.98.